The smallest absolute Gasteiger partial charge is 0.271 e. The van der Waals surface area contributed by atoms with Crippen molar-refractivity contribution in [2.45, 2.75) is 39.7 Å². The molecule has 0 aliphatic carbocycles. The maximum absolute atomic E-state index is 12.0. The molecule has 1 aromatic heterocycles. The molecule has 1 fully saturated rings. The Kier molecular flexibility index (Phi) is 4.14. The van der Waals surface area contributed by atoms with Crippen molar-refractivity contribution in [2.24, 2.45) is 5.41 Å². The zero-order valence-electron chi connectivity index (χ0n) is 11.9. The van der Waals surface area contributed by atoms with Gasteiger partial charge in [0.15, 0.2) is 0 Å². The van der Waals surface area contributed by atoms with Gasteiger partial charge in [-0.1, -0.05) is 13.8 Å². The highest BCUT2D eigenvalue weighted by molar-refractivity contribution is 5.91. The van der Waals surface area contributed by atoms with E-state index in [1.807, 2.05) is 6.92 Å². The number of hydrogen-bond donors (Lipinski definition) is 2. The summed E-state index contributed by atoms with van der Waals surface area (Å²) in [7, 11) is 0. The van der Waals surface area contributed by atoms with Crippen molar-refractivity contribution in [2.75, 3.05) is 13.1 Å². The van der Waals surface area contributed by atoms with Crippen molar-refractivity contribution >= 4 is 5.91 Å². The molecule has 2 N–H and O–H groups in total. The van der Waals surface area contributed by atoms with Gasteiger partial charge >= 0.3 is 0 Å². The molecular weight excluding hydrogens is 240 g/mol. The van der Waals surface area contributed by atoms with Crippen LogP contribution in [0, 0.1) is 12.3 Å². The van der Waals surface area contributed by atoms with E-state index >= 15 is 0 Å². The third kappa shape index (κ3) is 3.50. The van der Waals surface area contributed by atoms with Crippen molar-refractivity contribution in [3.8, 4) is 0 Å². The van der Waals surface area contributed by atoms with E-state index in [-0.39, 0.29) is 11.3 Å². The summed E-state index contributed by atoms with van der Waals surface area (Å²) in [5, 5.41) is 6.41. The van der Waals surface area contributed by atoms with Crippen LogP contribution in [0.15, 0.2) is 12.4 Å². The Hall–Kier alpha value is -1.49. The third-order valence-corrected chi connectivity index (χ3v) is 3.81. The van der Waals surface area contributed by atoms with E-state index in [2.05, 4.69) is 34.4 Å². The van der Waals surface area contributed by atoms with Crippen molar-refractivity contribution in [1.82, 2.24) is 20.6 Å². The lowest BCUT2D eigenvalue weighted by molar-refractivity contribution is 0.0923. The molecule has 0 spiro atoms. The molecule has 1 amide bonds. The van der Waals surface area contributed by atoms with Crippen LogP contribution >= 0.6 is 0 Å². The molecule has 5 heteroatoms. The quantitative estimate of drug-likeness (QED) is 0.861. The number of amides is 1. The molecule has 0 radical (unpaired) electrons. The molecule has 5 nitrogen and oxygen atoms in total. The van der Waals surface area contributed by atoms with Gasteiger partial charge in [-0.05, 0) is 31.7 Å². The molecule has 1 aliphatic heterocycles. The Morgan fingerprint density at radius 1 is 1.47 bits per heavy atom. The van der Waals surface area contributed by atoms with Gasteiger partial charge in [0.25, 0.3) is 5.91 Å². The molecule has 2 heterocycles. The lowest BCUT2D eigenvalue weighted by atomic mass is 9.77. The number of rotatable bonds is 3. The predicted octanol–water partition coefficient (Wildman–Crippen LogP) is 1.29. The normalized spacial score (nSPS) is 21.9. The number of aryl methyl sites for hydroxylation is 1. The summed E-state index contributed by atoms with van der Waals surface area (Å²) in [6, 6.07) is 0.309. The van der Waals surface area contributed by atoms with Crippen LogP contribution < -0.4 is 10.6 Å². The number of nitrogens with one attached hydrogen (secondary N) is 2. The summed E-state index contributed by atoms with van der Waals surface area (Å²) < 4.78 is 0. The Labute approximate surface area is 114 Å². The van der Waals surface area contributed by atoms with E-state index < -0.39 is 0 Å². The fourth-order valence-electron chi connectivity index (χ4n) is 2.41. The topological polar surface area (TPSA) is 66.9 Å². The molecule has 1 atom stereocenters. The maximum Gasteiger partial charge on any atom is 0.271 e. The molecular formula is C14H22N4O. The second kappa shape index (κ2) is 5.65. The van der Waals surface area contributed by atoms with Gasteiger partial charge in [0.05, 0.1) is 11.9 Å². The van der Waals surface area contributed by atoms with Gasteiger partial charge in [-0.2, -0.15) is 0 Å². The number of carbonyl (C=O) groups excluding carboxylic acids is 1. The van der Waals surface area contributed by atoms with Crippen LogP contribution in [-0.2, 0) is 0 Å². The first-order valence-corrected chi connectivity index (χ1v) is 6.79. The van der Waals surface area contributed by atoms with Crippen molar-refractivity contribution < 1.29 is 4.79 Å². The molecule has 2 rings (SSSR count). The average molecular weight is 262 g/mol. The zero-order chi connectivity index (χ0) is 13.9. The van der Waals surface area contributed by atoms with Crippen LogP contribution in [0.1, 0.15) is 42.9 Å². The largest absolute Gasteiger partial charge is 0.349 e. The second-order valence-electron chi connectivity index (χ2n) is 5.85. The summed E-state index contributed by atoms with van der Waals surface area (Å²) in [4.78, 5) is 20.1. The maximum atomic E-state index is 12.0. The van der Waals surface area contributed by atoms with Gasteiger partial charge in [0, 0.05) is 18.8 Å². The van der Waals surface area contributed by atoms with E-state index in [1.165, 1.54) is 19.0 Å². The molecule has 1 saturated heterocycles. The molecule has 1 unspecified atom stereocenters. The van der Waals surface area contributed by atoms with Crippen molar-refractivity contribution in [3.63, 3.8) is 0 Å². The minimum atomic E-state index is -0.157. The van der Waals surface area contributed by atoms with Crippen molar-refractivity contribution in [1.29, 1.82) is 0 Å². The summed E-state index contributed by atoms with van der Waals surface area (Å²) in [6.07, 6.45) is 5.51. The van der Waals surface area contributed by atoms with Gasteiger partial charge in [-0.25, -0.2) is 4.98 Å². The Morgan fingerprint density at radius 3 is 2.89 bits per heavy atom. The fraction of sp³-hybridized carbons (Fsp3) is 0.643. The van der Waals surface area contributed by atoms with Crippen LogP contribution in [0.4, 0.5) is 0 Å². The highest BCUT2D eigenvalue weighted by Gasteiger charge is 2.32. The van der Waals surface area contributed by atoms with Gasteiger partial charge in [-0.15, -0.1) is 0 Å². The van der Waals surface area contributed by atoms with E-state index in [9.17, 15) is 4.79 Å². The molecule has 1 aliphatic rings. The Morgan fingerprint density at radius 2 is 2.26 bits per heavy atom. The van der Waals surface area contributed by atoms with Crippen LogP contribution in [0.5, 0.6) is 0 Å². The number of nitrogens with zero attached hydrogens (tertiary/aromatic N) is 2. The van der Waals surface area contributed by atoms with Crippen LogP contribution in [0.2, 0.25) is 0 Å². The summed E-state index contributed by atoms with van der Waals surface area (Å²) in [5.41, 5.74) is 1.40. The number of hydrogen-bond acceptors (Lipinski definition) is 4. The highest BCUT2D eigenvalue weighted by atomic mass is 16.1. The highest BCUT2D eigenvalue weighted by Crippen LogP contribution is 2.29. The molecule has 0 bridgehead atoms. The Bertz CT molecular complexity index is 441. The Balaban J connectivity index is 1.91. The third-order valence-electron chi connectivity index (χ3n) is 3.81. The van der Waals surface area contributed by atoms with Crippen LogP contribution in [-0.4, -0.2) is 35.0 Å². The van der Waals surface area contributed by atoms with Crippen LogP contribution in [0.25, 0.3) is 0 Å². The standard InChI is InChI=1S/C14H22N4O/c1-10-7-17-11(8-16-10)13(19)18-9-12-14(2,3)5-4-6-15-12/h7-8,12,15H,4-6,9H2,1-3H3,(H,18,19). The monoisotopic (exact) mass is 262 g/mol. The molecule has 0 saturated carbocycles. The van der Waals surface area contributed by atoms with E-state index in [0.29, 0.717) is 18.3 Å². The summed E-state index contributed by atoms with van der Waals surface area (Å²) in [6.45, 7) is 7.97. The van der Waals surface area contributed by atoms with Gasteiger partial charge in [0.1, 0.15) is 5.69 Å². The van der Waals surface area contributed by atoms with E-state index in [1.54, 1.807) is 6.20 Å². The van der Waals surface area contributed by atoms with Crippen molar-refractivity contribution in [3.05, 3.63) is 23.8 Å². The predicted molar refractivity (Wildman–Crippen MR) is 73.9 cm³/mol. The van der Waals surface area contributed by atoms with E-state index in [0.717, 1.165) is 12.2 Å². The first kappa shape index (κ1) is 13.9. The van der Waals surface area contributed by atoms with Gasteiger partial charge < -0.3 is 10.6 Å². The zero-order valence-corrected chi connectivity index (χ0v) is 11.9. The summed E-state index contributed by atoms with van der Waals surface area (Å²) >= 11 is 0. The second-order valence-corrected chi connectivity index (χ2v) is 5.85. The minimum absolute atomic E-state index is 0.157. The number of carbonyl (C=O) groups is 1. The first-order chi connectivity index (χ1) is 8.99. The first-order valence-electron chi connectivity index (χ1n) is 6.79. The number of piperidine rings is 1. The molecule has 0 aromatic carbocycles. The minimum Gasteiger partial charge on any atom is -0.349 e. The van der Waals surface area contributed by atoms with Gasteiger partial charge in [-0.3, -0.25) is 9.78 Å². The molecule has 104 valence electrons. The lowest BCUT2D eigenvalue weighted by Gasteiger charge is -2.39. The van der Waals surface area contributed by atoms with Gasteiger partial charge in [0.2, 0.25) is 0 Å². The summed E-state index contributed by atoms with van der Waals surface area (Å²) in [5.74, 6) is -0.157. The van der Waals surface area contributed by atoms with Crippen LogP contribution in [0.3, 0.4) is 0 Å². The molecule has 19 heavy (non-hydrogen) atoms. The average Bonchev–Trinajstić information content (AvgIpc) is 2.37. The lowest BCUT2D eigenvalue weighted by Crippen LogP contribution is -2.52. The molecule has 1 aromatic rings. The SMILES string of the molecule is Cc1cnc(C(=O)NCC2NCCCC2(C)C)cn1. The fourth-order valence-corrected chi connectivity index (χ4v) is 2.41. The van der Waals surface area contributed by atoms with E-state index in [4.69, 9.17) is 0 Å². The number of aromatic nitrogens is 2.